The van der Waals surface area contributed by atoms with E-state index in [-0.39, 0.29) is 41.5 Å². The maximum absolute atomic E-state index is 12.3. The van der Waals surface area contributed by atoms with Crippen molar-refractivity contribution >= 4 is 21.6 Å². The lowest BCUT2D eigenvalue weighted by Gasteiger charge is -2.25. The number of aromatic nitrogens is 2. The van der Waals surface area contributed by atoms with Crippen molar-refractivity contribution in [2.75, 3.05) is 16.8 Å². The molecule has 132 valence electrons. The third-order valence-electron chi connectivity index (χ3n) is 4.95. The molecular formula is C17H19N3O4S. The number of hydrogen-bond donors (Lipinski definition) is 2. The molecule has 25 heavy (non-hydrogen) atoms. The number of hydrogen-bond acceptors (Lipinski definition) is 5. The molecule has 2 aliphatic heterocycles. The summed E-state index contributed by atoms with van der Waals surface area (Å²) < 4.78 is 25.3. The van der Waals surface area contributed by atoms with E-state index in [4.69, 9.17) is 0 Å². The number of anilines is 1. The molecule has 1 amide bonds. The molecule has 1 aromatic heterocycles. The second-order valence-electron chi connectivity index (χ2n) is 6.75. The van der Waals surface area contributed by atoms with Crippen LogP contribution in [0.25, 0.3) is 0 Å². The Kier molecular flexibility index (Phi) is 3.61. The van der Waals surface area contributed by atoms with Crippen molar-refractivity contribution in [3.8, 4) is 5.75 Å². The number of carbonyl (C=O) groups is 1. The molecule has 2 aliphatic rings. The van der Waals surface area contributed by atoms with Crippen molar-refractivity contribution in [2.45, 2.75) is 31.7 Å². The van der Waals surface area contributed by atoms with Crippen molar-refractivity contribution < 1.29 is 18.3 Å². The van der Waals surface area contributed by atoms with Crippen LogP contribution in [-0.2, 0) is 14.6 Å². The Bertz CT molecular complexity index is 964. The fourth-order valence-corrected chi connectivity index (χ4v) is 5.52. The fourth-order valence-electron chi connectivity index (χ4n) is 3.83. The van der Waals surface area contributed by atoms with Crippen molar-refractivity contribution in [1.29, 1.82) is 0 Å². The maximum atomic E-state index is 12.3. The standard InChI is InChI=1S/C17H19N3O4S/c1-10-16-14(11-3-2-4-13(21)7-11)8-15(22)18-17(16)20(19-10)12-5-6-25(23,24)9-12/h2-4,7,12,14,21H,5-6,8-9H2,1H3,(H,18,22)/t12-,14+/m0/s1. The lowest BCUT2D eigenvalue weighted by molar-refractivity contribution is -0.116. The number of nitrogens with one attached hydrogen (secondary N) is 1. The lowest BCUT2D eigenvalue weighted by Crippen LogP contribution is -2.26. The van der Waals surface area contributed by atoms with Gasteiger partial charge in [0.2, 0.25) is 5.91 Å². The number of amides is 1. The summed E-state index contributed by atoms with van der Waals surface area (Å²) in [6.07, 6.45) is 0.772. The predicted molar refractivity (Wildman–Crippen MR) is 92.5 cm³/mol. The van der Waals surface area contributed by atoms with Crippen LogP contribution in [0.5, 0.6) is 5.75 Å². The summed E-state index contributed by atoms with van der Waals surface area (Å²) in [4.78, 5) is 12.3. The highest BCUT2D eigenvalue weighted by atomic mass is 32.2. The number of fused-ring (bicyclic) bond motifs is 1. The number of phenols is 1. The van der Waals surface area contributed by atoms with Crippen LogP contribution in [0, 0.1) is 6.92 Å². The largest absolute Gasteiger partial charge is 0.508 e. The van der Waals surface area contributed by atoms with Crippen molar-refractivity contribution in [2.24, 2.45) is 0 Å². The molecule has 1 aromatic carbocycles. The number of carbonyl (C=O) groups excluding carboxylic acids is 1. The minimum absolute atomic E-state index is 0.0488. The van der Waals surface area contributed by atoms with Gasteiger partial charge in [0.25, 0.3) is 0 Å². The van der Waals surface area contributed by atoms with E-state index >= 15 is 0 Å². The molecule has 2 N–H and O–H groups in total. The van der Waals surface area contributed by atoms with Gasteiger partial charge < -0.3 is 10.4 Å². The fraction of sp³-hybridized carbons (Fsp3) is 0.412. The van der Waals surface area contributed by atoms with Gasteiger partial charge in [0, 0.05) is 17.9 Å². The van der Waals surface area contributed by atoms with Gasteiger partial charge >= 0.3 is 0 Å². The van der Waals surface area contributed by atoms with Crippen LogP contribution in [-0.4, -0.2) is 40.7 Å². The Hall–Kier alpha value is -2.35. The SMILES string of the molecule is Cc1nn([C@H]2CCS(=O)(=O)C2)c2c1[C@@H](c1cccc(O)c1)CC(=O)N2. The third kappa shape index (κ3) is 2.80. The second kappa shape index (κ2) is 5.59. The van der Waals surface area contributed by atoms with Crippen LogP contribution in [0.1, 0.15) is 41.6 Å². The molecule has 8 heteroatoms. The molecule has 1 fully saturated rings. The second-order valence-corrected chi connectivity index (χ2v) is 8.98. The summed E-state index contributed by atoms with van der Waals surface area (Å²) in [5, 5.41) is 17.2. The molecule has 0 bridgehead atoms. The molecule has 7 nitrogen and oxygen atoms in total. The number of sulfone groups is 1. The summed E-state index contributed by atoms with van der Waals surface area (Å²) in [5.41, 5.74) is 2.51. The summed E-state index contributed by atoms with van der Waals surface area (Å²) in [6, 6.07) is 6.62. The van der Waals surface area contributed by atoms with Gasteiger partial charge in [0.05, 0.1) is 23.2 Å². The summed E-state index contributed by atoms with van der Waals surface area (Å²) in [7, 11) is -3.05. The average Bonchev–Trinajstić information content (AvgIpc) is 3.06. The van der Waals surface area contributed by atoms with Gasteiger partial charge in [-0.15, -0.1) is 0 Å². The Morgan fingerprint density at radius 2 is 2.16 bits per heavy atom. The lowest BCUT2D eigenvalue weighted by atomic mass is 9.85. The average molecular weight is 361 g/mol. The Balaban J connectivity index is 1.81. The van der Waals surface area contributed by atoms with Crippen molar-refractivity contribution in [3.63, 3.8) is 0 Å². The first-order valence-corrected chi connectivity index (χ1v) is 10.0. The van der Waals surface area contributed by atoms with Gasteiger partial charge in [0.1, 0.15) is 11.6 Å². The molecule has 4 rings (SSSR count). The van der Waals surface area contributed by atoms with E-state index in [1.165, 1.54) is 0 Å². The van der Waals surface area contributed by atoms with E-state index < -0.39 is 9.84 Å². The number of aryl methyl sites for hydroxylation is 1. The minimum atomic E-state index is -3.05. The molecule has 0 aliphatic carbocycles. The molecule has 2 aromatic rings. The van der Waals surface area contributed by atoms with Crippen molar-refractivity contribution in [1.82, 2.24) is 9.78 Å². The molecule has 0 spiro atoms. The van der Waals surface area contributed by atoms with Crippen LogP contribution in [0.15, 0.2) is 24.3 Å². The molecule has 0 saturated carbocycles. The highest BCUT2D eigenvalue weighted by molar-refractivity contribution is 7.91. The number of aromatic hydroxyl groups is 1. The Morgan fingerprint density at radius 3 is 2.84 bits per heavy atom. The molecule has 1 saturated heterocycles. The van der Waals surface area contributed by atoms with Crippen LogP contribution in [0.4, 0.5) is 5.82 Å². The van der Waals surface area contributed by atoms with Gasteiger partial charge in [-0.2, -0.15) is 5.10 Å². The molecule has 3 heterocycles. The van der Waals surface area contributed by atoms with Gasteiger partial charge in [0.15, 0.2) is 9.84 Å². The van der Waals surface area contributed by atoms with Crippen molar-refractivity contribution in [3.05, 3.63) is 41.1 Å². The zero-order valence-corrected chi connectivity index (χ0v) is 14.6. The highest BCUT2D eigenvalue weighted by Gasteiger charge is 2.37. The number of rotatable bonds is 2. The highest BCUT2D eigenvalue weighted by Crippen LogP contribution is 2.41. The quantitative estimate of drug-likeness (QED) is 0.848. The summed E-state index contributed by atoms with van der Waals surface area (Å²) >= 11 is 0. The first kappa shape index (κ1) is 16.1. The van der Waals surface area contributed by atoms with E-state index in [0.29, 0.717) is 12.2 Å². The van der Waals surface area contributed by atoms with Gasteiger partial charge in [-0.3, -0.25) is 4.79 Å². The van der Waals surface area contributed by atoms with E-state index in [9.17, 15) is 18.3 Å². The number of nitrogens with zero attached hydrogens (tertiary/aromatic N) is 2. The van der Waals surface area contributed by atoms with Crippen LogP contribution < -0.4 is 5.32 Å². The normalized spacial score (nSPS) is 24.8. The topological polar surface area (TPSA) is 101 Å². The molecule has 0 unspecified atom stereocenters. The molecular weight excluding hydrogens is 342 g/mol. The van der Waals surface area contributed by atoms with Crippen LogP contribution in [0.3, 0.4) is 0 Å². The monoisotopic (exact) mass is 361 g/mol. The van der Waals surface area contributed by atoms with Crippen LogP contribution in [0.2, 0.25) is 0 Å². The van der Waals surface area contributed by atoms with Crippen LogP contribution >= 0.6 is 0 Å². The van der Waals surface area contributed by atoms with E-state index in [0.717, 1.165) is 16.8 Å². The van der Waals surface area contributed by atoms with Gasteiger partial charge in [-0.25, -0.2) is 13.1 Å². The van der Waals surface area contributed by atoms with E-state index in [1.807, 2.05) is 13.0 Å². The number of phenolic OH excluding ortho intramolecular Hbond substituents is 1. The first-order valence-electron chi connectivity index (χ1n) is 8.22. The van der Waals surface area contributed by atoms with E-state index in [2.05, 4.69) is 10.4 Å². The smallest absolute Gasteiger partial charge is 0.226 e. The summed E-state index contributed by atoms with van der Waals surface area (Å²) in [6.45, 7) is 1.87. The first-order chi connectivity index (χ1) is 11.8. The Labute approximate surface area is 145 Å². The Morgan fingerprint density at radius 1 is 1.36 bits per heavy atom. The minimum Gasteiger partial charge on any atom is -0.508 e. The van der Waals surface area contributed by atoms with E-state index in [1.54, 1.807) is 22.9 Å². The summed E-state index contributed by atoms with van der Waals surface area (Å²) in [5.74, 6) is 0.592. The predicted octanol–water partition coefficient (Wildman–Crippen LogP) is 1.73. The zero-order chi connectivity index (χ0) is 17.8. The molecule has 2 atom stereocenters. The van der Waals surface area contributed by atoms with Gasteiger partial charge in [-0.1, -0.05) is 12.1 Å². The maximum Gasteiger partial charge on any atom is 0.226 e. The number of benzene rings is 1. The zero-order valence-electron chi connectivity index (χ0n) is 13.8. The molecule has 0 radical (unpaired) electrons. The van der Waals surface area contributed by atoms with Gasteiger partial charge in [-0.05, 0) is 31.0 Å². The third-order valence-corrected chi connectivity index (χ3v) is 6.70.